The van der Waals surface area contributed by atoms with Gasteiger partial charge in [0.05, 0.1) is 11.4 Å². The predicted molar refractivity (Wildman–Crippen MR) is 84.1 cm³/mol. The Kier molecular flexibility index (Phi) is 4.53. The fourth-order valence-electron chi connectivity index (χ4n) is 2.94. The molecule has 1 saturated carbocycles. The van der Waals surface area contributed by atoms with Crippen LogP contribution in [0.25, 0.3) is 0 Å². The standard InChI is InChI=1S/C16H25N3O/c1-11-5-4-6-13(9-11)18-16(20)12-7-8-15(19(2)3)14(17)10-12/h7-8,10-11,13H,4-6,9,17H2,1-3H3,(H,18,20). The SMILES string of the molecule is CC1CCCC(NC(=O)c2ccc(N(C)C)c(N)c2)C1. The molecule has 1 aliphatic carbocycles. The molecule has 0 saturated heterocycles. The number of nitrogens with one attached hydrogen (secondary N) is 1. The Bertz CT molecular complexity index is 485. The second kappa shape index (κ2) is 6.16. The first-order chi connectivity index (χ1) is 9.47. The lowest BCUT2D eigenvalue weighted by molar-refractivity contribution is 0.0921. The van der Waals surface area contributed by atoms with Crippen molar-refractivity contribution in [3.05, 3.63) is 23.8 Å². The molecule has 2 rings (SSSR count). The van der Waals surface area contributed by atoms with E-state index in [0.717, 1.165) is 18.5 Å². The van der Waals surface area contributed by atoms with E-state index in [1.807, 2.05) is 31.1 Å². The highest BCUT2D eigenvalue weighted by molar-refractivity contribution is 5.96. The lowest BCUT2D eigenvalue weighted by Gasteiger charge is -2.27. The Hall–Kier alpha value is -1.71. The summed E-state index contributed by atoms with van der Waals surface area (Å²) in [5.41, 5.74) is 8.21. The Morgan fingerprint density at radius 1 is 1.35 bits per heavy atom. The van der Waals surface area contributed by atoms with Crippen molar-refractivity contribution in [3.8, 4) is 0 Å². The van der Waals surface area contributed by atoms with Gasteiger partial charge in [0.1, 0.15) is 0 Å². The molecule has 1 aliphatic rings. The van der Waals surface area contributed by atoms with Gasteiger partial charge >= 0.3 is 0 Å². The molecule has 0 spiro atoms. The van der Waals surface area contributed by atoms with Crippen LogP contribution < -0.4 is 16.0 Å². The maximum atomic E-state index is 12.3. The number of amides is 1. The summed E-state index contributed by atoms with van der Waals surface area (Å²) in [6.07, 6.45) is 4.64. The van der Waals surface area contributed by atoms with Gasteiger partial charge in [0.2, 0.25) is 0 Å². The monoisotopic (exact) mass is 275 g/mol. The molecular weight excluding hydrogens is 250 g/mol. The van der Waals surface area contributed by atoms with E-state index in [2.05, 4.69) is 12.2 Å². The summed E-state index contributed by atoms with van der Waals surface area (Å²) in [4.78, 5) is 14.2. The summed E-state index contributed by atoms with van der Waals surface area (Å²) in [5, 5.41) is 3.13. The van der Waals surface area contributed by atoms with Gasteiger partial charge in [0, 0.05) is 25.7 Å². The number of nitrogens with two attached hydrogens (primary N) is 1. The molecule has 20 heavy (non-hydrogen) atoms. The lowest BCUT2D eigenvalue weighted by atomic mass is 9.87. The van der Waals surface area contributed by atoms with Gasteiger partial charge < -0.3 is 16.0 Å². The zero-order valence-corrected chi connectivity index (χ0v) is 12.6. The van der Waals surface area contributed by atoms with Crippen molar-refractivity contribution in [2.24, 2.45) is 5.92 Å². The first-order valence-corrected chi connectivity index (χ1v) is 7.35. The first-order valence-electron chi connectivity index (χ1n) is 7.35. The molecule has 3 N–H and O–H groups in total. The van der Waals surface area contributed by atoms with E-state index in [1.54, 1.807) is 6.07 Å². The topological polar surface area (TPSA) is 58.4 Å². The fraction of sp³-hybridized carbons (Fsp3) is 0.562. The van der Waals surface area contributed by atoms with Gasteiger partial charge in [0.15, 0.2) is 0 Å². The summed E-state index contributed by atoms with van der Waals surface area (Å²) >= 11 is 0. The van der Waals surface area contributed by atoms with Crippen molar-refractivity contribution in [1.29, 1.82) is 0 Å². The Balaban J connectivity index is 2.04. The lowest BCUT2D eigenvalue weighted by Crippen LogP contribution is -2.38. The molecule has 2 unspecified atom stereocenters. The second-order valence-electron chi connectivity index (χ2n) is 6.11. The first kappa shape index (κ1) is 14.7. The van der Waals surface area contributed by atoms with Gasteiger partial charge in [-0.2, -0.15) is 0 Å². The van der Waals surface area contributed by atoms with Gasteiger partial charge in [0.25, 0.3) is 5.91 Å². The van der Waals surface area contributed by atoms with E-state index in [9.17, 15) is 4.79 Å². The molecule has 4 nitrogen and oxygen atoms in total. The Labute approximate surface area is 121 Å². The van der Waals surface area contributed by atoms with E-state index in [0.29, 0.717) is 23.2 Å². The Morgan fingerprint density at radius 3 is 2.70 bits per heavy atom. The van der Waals surface area contributed by atoms with E-state index in [1.165, 1.54) is 12.8 Å². The van der Waals surface area contributed by atoms with Crippen molar-refractivity contribution in [2.45, 2.75) is 38.6 Å². The van der Waals surface area contributed by atoms with Crippen molar-refractivity contribution in [3.63, 3.8) is 0 Å². The van der Waals surface area contributed by atoms with Crippen LogP contribution in [0.3, 0.4) is 0 Å². The van der Waals surface area contributed by atoms with E-state index < -0.39 is 0 Å². The Morgan fingerprint density at radius 2 is 2.10 bits per heavy atom. The van der Waals surface area contributed by atoms with Crippen LogP contribution in [0, 0.1) is 5.92 Å². The van der Waals surface area contributed by atoms with E-state index >= 15 is 0 Å². The zero-order chi connectivity index (χ0) is 14.7. The number of benzene rings is 1. The van der Waals surface area contributed by atoms with Crippen LogP contribution in [0.15, 0.2) is 18.2 Å². The minimum absolute atomic E-state index is 0.0129. The highest BCUT2D eigenvalue weighted by Gasteiger charge is 2.21. The molecule has 0 radical (unpaired) electrons. The second-order valence-corrected chi connectivity index (χ2v) is 6.11. The molecule has 0 aliphatic heterocycles. The van der Waals surface area contributed by atoms with E-state index in [-0.39, 0.29) is 5.91 Å². The predicted octanol–water partition coefficient (Wildman–Crippen LogP) is 2.64. The fourth-order valence-corrected chi connectivity index (χ4v) is 2.94. The van der Waals surface area contributed by atoms with Crippen LogP contribution in [0.4, 0.5) is 11.4 Å². The maximum Gasteiger partial charge on any atom is 0.251 e. The summed E-state index contributed by atoms with van der Waals surface area (Å²) in [7, 11) is 3.88. The largest absolute Gasteiger partial charge is 0.397 e. The number of rotatable bonds is 3. The van der Waals surface area contributed by atoms with Crippen molar-refractivity contribution < 1.29 is 4.79 Å². The third-order valence-electron chi connectivity index (χ3n) is 4.04. The quantitative estimate of drug-likeness (QED) is 0.834. The van der Waals surface area contributed by atoms with Crippen LogP contribution >= 0.6 is 0 Å². The van der Waals surface area contributed by atoms with Crippen LogP contribution in [0.1, 0.15) is 43.0 Å². The molecule has 2 atom stereocenters. The van der Waals surface area contributed by atoms with Gasteiger partial charge in [-0.05, 0) is 37.0 Å². The smallest absolute Gasteiger partial charge is 0.251 e. The number of carbonyl (C=O) groups excluding carboxylic acids is 1. The molecule has 1 aromatic carbocycles. The molecule has 0 aromatic heterocycles. The normalized spacial score (nSPS) is 22.4. The van der Waals surface area contributed by atoms with Gasteiger partial charge in [-0.1, -0.05) is 19.8 Å². The van der Waals surface area contributed by atoms with Gasteiger partial charge in [-0.3, -0.25) is 4.79 Å². The minimum Gasteiger partial charge on any atom is -0.397 e. The van der Waals surface area contributed by atoms with Crippen molar-refractivity contribution in [1.82, 2.24) is 5.32 Å². The van der Waals surface area contributed by atoms with Crippen LogP contribution in [-0.4, -0.2) is 26.0 Å². The number of hydrogen-bond acceptors (Lipinski definition) is 3. The van der Waals surface area contributed by atoms with Gasteiger partial charge in [-0.25, -0.2) is 0 Å². The van der Waals surface area contributed by atoms with Crippen LogP contribution in [0.5, 0.6) is 0 Å². The van der Waals surface area contributed by atoms with E-state index in [4.69, 9.17) is 5.73 Å². The minimum atomic E-state index is -0.0129. The van der Waals surface area contributed by atoms with Crippen molar-refractivity contribution in [2.75, 3.05) is 24.7 Å². The summed E-state index contributed by atoms with van der Waals surface area (Å²) in [6, 6.07) is 5.80. The molecule has 110 valence electrons. The maximum absolute atomic E-state index is 12.3. The molecule has 1 amide bonds. The van der Waals surface area contributed by atoms with Crippen molar-refractivity contribution >= 4 is 17.3 Å². The number of anilines is 2. The van der Waals surface area contributed by atoms with Crippen LogP contribution in [0.2, 0.25) is 0 Å². The van der Waals surface area contributed by atoms with Gasteiger partial charge in [-0.15, -0.1) is 0 Å². The van der Waals surface area contributed by atoms with Crippen LogP contribution in [-0.2, 0) is 0 Å². The molecule has 4 heteroatoms. The molecule has 0 bridgehead atoms. The number of hydrogen-bond donors (Lipinski definition) is 2. The third-order valence-corrected chi connectivity index (χ3v) is 4.04. The average Bonchev–Trinajstić information content (AvgIpc) is 2.38. The highest BCUT2D eigenvalue weighted by atomic mass is 16.1. The average molecular weight is 275 g/mol. The zero-order valence-electron chi connectivity index (χ0n) is 12.6. The highest BCUT2D eigenvalue weighted by Crippen LogP contribution is 2.25. The molecular formula is C16H25N3O. The molecule has 1 fully saturated rings. The summed E-state index contributed by atoms with van der Waals surface area (Å²) in [6.45, 7) is 2.25. The molecule has 1 aromatic rings. The summed E-state index contributed by atoms with van der Waals surface area (Å²) < 4.78 is 0. The third kappa shape index (κ3) is 3.44. The summed E-state index contributed by atoms with van der Waals surface area (Å²) in [5.74, 6) is 0.691. The number of nitrogens with zero attached hydrogens (tertiary/aromatic N) is 1. The number of carbonyl (C=O) groups is 1. The molecule has 0 heterocycles. The number of nitrogen functional groups attached to an aromatic ring is 1.